The molecular formula is C21H28O3. The highest BCUT2D eigenvalue weighted by molar-refractivity contribution is 5.41. The van der Waals surface area contributed by atoms with Gasteiger partial charge < -0.3 is 9.99 Å². The van der Waals surface area contributed by atoms with E-state index in [1.54, 1.807) is 13.8 Å². The molecule has 0 atom stereocenters. The second-order valence-electron chi connectivity index (χ2n) is 7.51. The third kappa shape index (κ3) is 4.37. The molecule has 0 amide bonds. The Morgan fingerprint density at radius 1 is 0.750 bits per heavy atom. The van der Waals surface area contributed by atoms with Gasteiger partial charge >= 0.3 is 0 Å². The lowest BCUT2D eigenvalue weighted by Gasteiger charge is -2.27. The van der Waals surface area contributed by atoms with E-state index in [1.165, 1.54) is 11.1 Å². The Morgan fingerprint density at radius 2 is 1.17 bits per heavy atom. The van der Waals surface area contributed by atoms with E-state index in [0.29, 0.717) is 5.75 Å². The van der Waals surface area contributed by atoms with Gasteiger partial charge in [0.15, 0.2) is 5.75 Å². The number of hydrogen-bond donors (Lipinski definition) is 1. The van der Waals surface area contributed by atoms with Crippen LogP contribution in [0.1, 0.15) is 58.2 Å². The fourth-order valence-electron chi connectivity index (χ4n) is 2.54. The van der Waals surface area contributed by atoms with Crippen molar-refractivity contribution in [3.63, 3.8) is 0 Å². The molecule has 0 radical (unpaired) electrons. The van der Waals surface area contributed by atoms with E-state index in [4.69, 9.17) is 9.78 Å². The maximum absolute atomic E-state index is 10.1. The summed E-state index contributed by atoms with van der Waals surface area (Å²) < 4.78 is 0. The third-order valence-corrected chi connectivity index (χ3v) is 4.23. The van der Waals surface area contributed by atoms with Crippen LogP contribution in [0.4, 0.5) is 0 Å². The molecule has 0 aromatic heterocycles. The molecule has 2 aromatic carbocycles. The summed E-state index contributed by atoms with van der Waals surface area (Å²) in [5, 5.41) is 10.1. The van der Waals surface area contributed by atoms with E-state index < -0.39 is 5.60 Å². The lowest BCUT2D eigenvalue weighted by atomic mass is 9.77. The first-order valence-corrected chi connectivity index (χ1v) is 8.38. The maximum atomic E-state index is 10.1. The summed E-state index contributed by atoms with van der Waals surface area (Å²) in [5.41, 5.74) is 2.34. The van der Waals surface area contributed by atoms with Gasteiger partial charge in [0.25, 0.3) is 0 Å². The lowest BCUT2D eigenvalue weighted by molar-refractivity contribution is -0.234. The number of hydrogen-bond acceptors (Lipinski definition) is 3. The molecule has 2 aromatic rings. The standard InChI is InChI=1S/C21H28O3/c1-15(2)23-24-19-13-11-17(12-14-19)20(3,4)16-7-9-18(10-8-16)21(5,6)22/h7-15,22H,1-6H3. The molecule has 2 rings (SSSR count). The lowest BCUT2D eigenvalue weighted by Crippen LogP contribution is -2.20. The molecule has 3 nitrogen and oxygen atoms in total. The van der Waals surface area contributed by atoms with Crippen molar-refractivity contribution >= 4 is 0 Å². The highest BCUT2D eigenvalue weighted by atomic mass is 17.2. The highest BCUT2D eigenvalue weighted by Gasteiger charge is 2.24. The van der Waals surface area contributed by atoms with Crippen LogP contribution in [0.5, 0.6) is 5.75 Å². The van der Waals surface area contributed by atoms with E-state index in [9.17, 15) is 5.11 Å². The largest absolute Gasteiger partial charge is 0.386 e. The number of rotatable bonds is 6. The van der Waals surface area contributed by atoms with Gasteiger partial charge in [0.2, 0.25) is 0 Å². The van der Waals surface area contributed by atoms with Gasteiger partial charge in [-0.3, -0.25) is 0 Å². The SMILES string of the molecule is CC(C)OOc1ccc(C(C)(C)c2ccc(C(C)(C)O)cc2)cc1. The van der Waals surface area contributed by atoms with Gasteiger partial charge in [-0.25, -0.2) is 0 Å². The Kier molecular flexibility index (Phi) is 5.36. The molecule has 0 heterocycles. The van der Waals surface area contributed by atoms with E-state index in [2.05, 4.69) is 38.1 Å². The van der Waals surface area contributed by atoms with Crippen LogP contribution in [0, 0.1) is 0 Å². The van der Waals surface area contributed by atoms with E-state index in [0.717, 1.165) is 5.56 Å². The van der Waals surface area contributed by atoms with Crippen LogP contribution >= 0.6 is 0 Å². The maximum Gasteiger partial charge on any atom is 0.165 e. The van der Waals surface area contributed by atoms with Crippen molar-refractivity contribution in [2.75, 3.05) is 0 Å². The van der Waals surface area contributed by atoms with Gasteiger partial charge in [0.1, 0.15) is 0 Å². The molecule has 0 saturated carbocycles. The van der Waals surface area contributed by atoms with Gasteiger partial charge in [-0.2, -0.15) is 4.89 Å². The molecular weight excluding hydrogens is 300 g/mol. The molecule has 0 aliphatic carbocycles. The zero-order valence-electron chi connectivity index (χ0n) is 15.5. The highest BCUT2D eigenvalue weighted by Crippen LogP contribution is 2.33. The van der Waals surface area contributed by atoms with Crippen molar-refractivity contribution in [3.8, 4) is 5.75 Å². The van der Waals surface area contributed by atoms with Crippen LogP contribution in [0.2, 0.25) is 0 Å². The number of benzene rings is 2. The van der Waals surface area contributed by atoms with Gasteiger partial charge in [0, 0.05) is 5.41 Å². The summed E-state index contributed by atoms with van der Waals surface area (Å²) in [7, 11) is 0. The van der Waals surface area contributed by atoms with E-state index in [-0.39, 0.29) is 11.5 Å². The van der Waals surface area contributed by atoms with Crippen molar-refractivity contribution in [1.82, 2.24) is 0 Å². The first-order chi connectivity index (χ1) is 11.1. The molecule has 0 spiro atoms. The minimum Gasteiger partial charge on any atom is -0.386 e. The van der Waals surface area contributed by atoms with Gasteiger partial charge in [-0.05, 0) is 56.5 Å². The Labute approximate surface area is 145 Å². The zero-order valence-corrected chi connectivity index (χ0v) is 15.5. The van der Waals surface area contributed by atoms with Crippen LogP contribution in [-0.2, 0) is 15.9 Å². The average Bonchev–Trinajstić information content (AvgIpc) is 2.52. The topological polar surface area (TPSA) is 38.7 Å². The van der Waals surface area contributed by atoms with Crippen LogP contribution in [0.3, 0.4) is 0 Å². The molecule has 0 fully saturated rings. The van der Waals surface area contributed by atoms with Gasteiger partial charge in [-0.15, -0.1) is 0 Å². The van der Waals surface area contributed by atoms with Gasteiger partial charge in [0.05, 0.1) is 11.7 Å². The molecule has 0 bridgehead atoms. The van der Waals surface area contributed by atoms with Crippen molar-refractivity contribution in [2.24, 2.45) is 0 Å². The fourth-order valence-corrected chi connectivity index (χ4v) is 2.54. The molecule has 1 N–H and O–H groups in total. The van der Waals surface area contributed by atoms with Crippen LogP contribution in [0.25, 0.3) is 0 Å². The second-order valence-corrected chi connectivity index (χ2v) is 7.51. The molecule has 3 heteroatoms. The smallest absolute Gasteiger partial charge is 0.165 e. The normalized spacial score (nSPS) is 12.5. The monoisotopic (exact) mass is 328 g/mol. The molecule has 0 aliphatic heterocycles. The molecule has 130 valence electrons. The second kappa shape index (κ2) is 6.96. The van der Waals surface area contributed by atoms with Crippen molar-refractivity contribution in [1.29, 1.82) is 0 Å². The minimum absolute atomic E-state index is 0.0235. The fraction of sp³-hybridized carbons (Fsp3) is 0.429. The van der Waals surface area contributed by atoms with Crippen LogP contribution < -0.4 is 4.89 Å². The summed E-state index contributed by atoms with van der Waals surface area (Å²) in [4.78, 5) is 10.4. The van der Waals surface area contributed by atoms with Crippen molar-refractivity contribution in [3.05, 3.63) is 65.2 Å². The minimum atomic E-state index is -0.821. The first kappa shape index (κ1) is 18.5. The Hall–Kier alpha value is -1.84. The Balaban J connectivity index is 2.20. The molecule has 0 aliphatic rings. The predicted octanol–water partition coefficient (Wildman–Crippen LogP) is 4.96. The summed E-state index contributed by atoms with van der Waals surface area (Å²) >= 11 is 0. The molecule has 24 heavy (non-hydrogen) atoms. The van der Waals surface area contributed by atoms with E-state index >= 15 is 0 Å². The van der Waals surface area contributed by atoms with Crippen LogP contribution in [0.15, 0.2) is 48.5 Å². The Morgan fingerprint density at radius 3 is 1.58 bits per heavy atom. The van der Waals surface area contributed by atoms with Crippen LogP contribution in [-0.4, -0.2) is 11.2 Å². The first-order valence-electron chi connectivity index (χ1n) is 8.38. The summed E-state index contributed by atoms with van der Waals surface area (Å²) in [6.07, 6.45) is 0.0235. The summed E-state index contributed by atoms with van der Waals surface area (Å²) in [6, 6.07) is 16.1. The number of aliphatic hydroxyl groups is 1. The zero-order chi connectivity index (χ0) is 18.0. The van der Waals surface area contributed by atoms with Gasteiger partial charge in [-0.1, -0.05) is 50.2 Å². The quantitative estimate of drug-likeness (QED) is 0.602. The Bertz CT molecular complexity index is 647. The van der Waals surface area contributed by atoms with E-state index in [1.807, 2.05) is 38.1 Å². The molecule has 0 saturated heterocycles. The predicted molar refractivity (Wildman–Crippen MR) is 97.1 cm³/mol. The third-order valence-electron chi connectivity index (χ3n) is 4.23. The summed E-state index contributed by atoms with van der Waals surface area (Å²) in [5.74, 6) is 0.695. The average molecular weight is 328 g/mol. The van der Waals surface area contributed by atoms with Crippen molar-refractivity contribution < 1.29 is 14.9 Å². The van der Waals surface area contributed by atoms with Crippen molar-refractivity contribution in [2.45, 2.75) is 58.7 Å². The molecule has 0 unspecified atom stereocenters. The summed E-state index contributed by atoms with van der Waals surface area (Å²) in [6.45, 7) is 11.8.